The normalized spacial score (nSPS) is 42.5. The lowest BCUT2D eigenvalue weighted by Gasteiger charge is -2.41. The number of rotatable bonds is 5. The molecule has 0 aliphatic heterocycles. The molecule has 3 aliphatic carbocycles. The Labute approximate surface area is 146 Å². The monoisotopic (exact) mass is 318 g/mol. The van der Waals surface area contributed by atoms with Crippen LogP contribution in [0.15, 0.2) is 0 Å². The summed E-state index contributed by atoms with van der Waals surface area (Å²) < 4.78 is 0. The van der Waals surface area contributed by atoms with E-state index in [0.717, 1.165) is 35.5 Å². The van der Waals surface area contributed by atoms with Crippen molar-refractivity contribution in [1.29, 1.82) is 0 Å². The van der Waals surface area contributed by atoms with Crippen LogP contribution in [-0.2, 0) is 0 Å². The zero-order valence-electron chi connectivity index (χ0n) is 16.1. The van der Waals surface area contributed by atoms with Crippen molar-refractivity contribution >= 4 is 0 Å². The SMILES string of the molecule is CCC[C@H]1CCC[C@@H](C2CCC(C3CCC(CC)CC3)CC2)C1. The molecule has 134 valence electrons. The maximum absolute atomic E-state index is 2.40. The van der Waals surface area contributed by atoms with E-state index in [2.05, 4.69) is 13.8 Å². The molecule has 3 fully saturated rings. The summed E-state index contributed by atoms with van der Waals surface area (Å²) in [5.74, 6) is 6.59. The molecule has 0 aromatic rings. The van der Waals surface area contributed by atoms with Crippen LogP contribution >= 0.6 is 0 Å². The highest BCUT2D eigenvalue weighted by Gasteiger charge is 2.34. The van der Waals surface area contributed by atoms with Crippen LogP contribution in [0.25, 0.3) is 0 Å². The van der Waals surface area contributed by atoms with Crippen molar-refractivity contribution in [2.24, 2.45) is 35.5 Å². The van der Waals surface area contributed by atoms with Gasteiger partial charge in [0.2, 0.25) is 0 Å². The number of hydrogen-bond acceptors (Lipinski definition) is 0. The molecule has 0 nitrogen and oxygen atoms in total. The molecular weight excluding hydrogens is 276 g/mol. The van der Waals surface area contributed by atoms with Crippen LogP contribution in [0.3, 0.4) is 0 Å². The van der Waals surface area contributed by atoms with Crippen LogP contribution < -0.4 is 0 Å². The van der Waals surface area contributed by atoms with Crippen molar-refractivity contribution in [3.05, 3.63) is 0 Å². The maximum Gasteiger partial charge on any atom is -0.0383 e. The quantitative estimate of drug-likeness (QED) is 0.489. The minimum absolute atomic E-state index is 1.07. The summed E-state index contributed by atoms with van der Waals surface area (Å²) >= 11 is 0. The predicted octanol–water partition coefficient (Wildman–Crippen LogP) is 7.62. The fourth-order valence-electron chi connectivity index (χ4n) is 6.59. The molecule has 3 aliphatic rings. The standard InChI is InChI=1S/C23H42/c1-3-6-19-7-5-8-23(17-19)22-15-13-21(14-16-22)20-11-9-18(4-2)10-12-20/h18-23H,3-17H2,1-2H3/t18?,19-,20?,21?,22?,23+/m0/s1. The van der Waals surface area contributed by atoms with E-state index in [-0.39, 0.29) is 0 Å². The summed E-state index contributed by atoms with van der Waals surface area (Å²) in [6.45, 7) is 4.77. The lowest BCUT2D eigenvalue weighted by Crippen LogP contribution is -2.30. The van der Waals surface area contributed by atoms with Gasteiger partial charge in [-0.15, -0.1) is 0 Å². The first-order valence-corrected chi connectivity index (χ1v) is 11.3. The lowest BCUT2D eigenvalue weighted by atomic mass is 9.64. The Hall–Kier alpha value is 0. The van der Waals surface area contributed by atoms with Crippen molar-refractivity contribution < 1.29 is 0 Å². The first kappa shape index (κ1) is 17.8. The van der Waals surface area contributed by atoms with Gasteiger partial charge in [0.25, 0.3) is 0 Å². The molecule has 0 bridgehead atoms. The Morgan fingerprint density at radius 3 is 1.70 bits per heavy atom. The first-order chi connectivity index (χ1) is 11.3. The van der Waals surface area contributed by atoms with Crippen LogP contribution in [-0.4, -0.2) is 0 Å². The van der Waals surface area contributed by atoms with E-state index in [1.165, 1.54) is 25.7 Å². The van der Waals surface area contributed by atoms with Crippen molar-refractivity contribution in [3.8, 4) is 0 Å². The number of hydrogen-bond donors (Lipinski definition) is 0. The molecule has 0 radical (unpaired) electrons. The second-order valence-electron chi connectivity index (χ2n) is 9.45. The molecule has 0 heterocycles. The Balaban J connectivity index is 1.41. The van der Waals surface area contributed by atoms with Gasteiger partial charge in [-0.25, -0.2) is 0 Å². The minimum atomic E-state index is 1.07. The molecule has 0 saturated heterocycles. The van der Waals surface area contributed by atoms with Crippen molar-refractivity contribution in [1.82, 2.24) is 0 Å². The average molecular weight is 319 g/mol. The second-order valence-corrected chi connectivity index (χ2v) is 9.45. The molecule has 0 N–H and O–H groups in total. The van der Waals surface area contributed by atoms with Gasteiger partial charge >= 0.3 is 0 Å². The summed E-state index contributed by atoms with van der Waals surface area (Å²) in [5.41, 5.74) is 0. The highest BCUT2D eigenvalue weighted by Crippen LogP contribution is 2.46. The molecule has 0 amide bonds. The third-order valence-electron chi connectivity index (χ3n) is 8.14. The van der Waals surface area contributed by atoms with Gasteiger partial charge in [-0.05, 0) is 80.5 Å². The third-order valence-corrected chi connectivity index (χ3v) is 8.14. The van der Waals surface area contributed by atoms with Crippen LogP contribution in [0.2, 0.25) is 0 Å². The smallest absolute Gasteiger partial charge is 0.0383 e. The summed E-state index contributed by atoms with van der Waals surface area (Å²) in [4.78, 5) is 0. The summed E-state index contributed by atoms with van der Waals surface area (Å²) in [6, 6.07) is 0. The summed E-state index contributed by atoms with van der Waals surface area (Å²) in [5, 5.41) is 0. The van der Waals surface area contributed by atoms with Crippen molar-refractivity contribution in [2.45, 2.75) is 110 Å². The third kappa shape index (κ3) is 4.76. The molecule has 3 rings (SSSR count). The predicted molar refractivity (Wildman–Crippen MR) is 102 cm³/mol. The van der Waals surface area contributed by atoms with Crippen LogP contribution in [0, 0.1) is 35.5 Å². The second kappa shape index (κ2) is 8.91. The summed E-state index contributed by atoms with van der Waals surface area (Å²) in [6.07, 6.45) is 23.1. The minimum Gasteiger partial charge on any atom is -0.0654 e. The first-order valence-electron chi connectivity index (χ1n) is 11.3. The Kier molecular flexibility index (Phi) is 6.90. The molecular formula is C23H42. The molecule has 23 heavy (non-hydrogen) atoms. The van der Waals surface area contributed by atoms with E-state index in [4.69, 9.17) is 0 Å². The van der Waals surface area contributed by atoms with Gasteiger partial charge in [0, 0.05) is 0 Å². The molecule has 0 heteroatoms. The van der Waals surface area contributed by atoms with Crippen molar-refractivity contribution in [2.75, 3.05) is 0 Å². The van der Waals surface area contributed by atoms with Gasteiger partial charge in [-0.1, -0.05) is 65.2 Å². The van der Waals surface area contributed by atoms with Gasteiger partial charge in [0.1, 0.15) is 0 Å². The molecule has 0 unspecified atom stereocenters. The zero-order valence-corrected chi connectivity index (χ0v) is 16.1. The van der Waals surface area contributed by atoms with Gasteiger partial charge in [0.15, 0.2) is 0 Å². The molecule has 0 aromatic carbocycles. The highest BCUT2D eigenvalue weighted by molar-refractivity contribution is 4.86. The van der Waals surface area contributed by atoms with Gasteiger partial charge < -0.3 is 0 Å². The van der Waals surface area contributed by atoms with Gasteiger partial charge in [-0.2, -0.15) is 0 Å². The van der Waals surface area contributed by atoms with Gasteiger partial charge in [0.05, 0.1) is 0 Å². The van der Waals surface area contributed by atoms with E-state index < -0.39 is 0 Å². The average Bonchev–Trinajstić information content (AvgIpc) is 2.62. The lowest BCUT2D eigenvalue weighted by molar-refractivity contribution is 0.0991. The Bertz CT molecular complexity index is 315. The van der Waals surface area contributed by atoms with E-state index >= 15 is 0 Å². The van der Waals surface area contributed by atoms with Crippen LogP contribution in [0.1, 0.15) is 110 Å². The Morgan fingerprint density at radius 2 is 1.13 bits per heavy atom. The zero-order chi connectivity index (χ0) is 16.1. The van der Waals surface area contributed by atoms with E-state index in [0.29, 0.717) is 0 Å². The summed E-state index contributed by atoms with van der Waals surface area (Å²) in [7, 11) is 0. The van der Waals surface area contributed by atoms with Crippen molar-refractivity contribution in [3.63, 3.8) is 0 Å². The topological polar surface area (TPSA) is 0 Å². The molecule has 3 saturated carbocycles. The van der Waals surface area contributed by atoms with Crippen LogP contribution in [0.5, 0.6) is 0 Å². The maximum atomic E-state index is 2.40. The Morgan fingerprint density at radius 1 is 0.565 bits per heavy atom. The fourth-order valence-corrected chi connectivity index (χ4v) is 6.59. The molecule has 0 spiro atoms. The molecule has 2 atom stereocenters. The van der Waals surface area contributed by atoms with E-state index in [9.17, 15) is 0 Å². The van der Waals surface area contributed by atoms with E-state index in [1.807, 2.05) is 0 Å². The molecule has 0 aromatic heterocycles. The van der Waals surface area contributed by atoms with E-state index in [1.54, 1.807) is 70.6 Å². The fraction of sp³-hybridized carbons (Fsp3) is 1.00. The largest absolute Gasteiger partial charge is 0.0654 e. The van der Waals surface area contributed by atoms with Gasteiger partial charge in [-0.3, -0.25) is 0 Å². The van der Waals surface area contributed by atoms with Crippen LogP contribution in [0.4, 0.5) is 0 Å². The highest BCUT2D eigenvalue weighted by atomic mass is 14.4.